The van der Waals surface area contributed by atoms with E-state index in [0.29, 0.717) is 4.52 Å². The molecule has 0 aromatic carbocycles. The van der Waals surface area contributed by atoms with E-state index < -0.39 is 12.0 Å². The van der Waals surface area contributed by atoms with Crippen LogP contribution < -0.4 is 5.32 Å². The van der Waals surface area contributed by atoms with Crippen molar-refractivity contribution in [3.63, 3.8) is 0 Å². The molecular weight excluding hydrogens is 287 g/mol. The minimum Gasteiger partial charge on any atom is -0.362 e. The zero-order valence-electron chi connectivity index (χ0n) is 10.8. The number of alkyl halides is 3. The molecule has 0 fully saturated rings. The fraction of sp³-hybridized carbons (Fsp3) is 0.273. The van der Waals surface area contributed by atoms with Gasteiger partial charge >= 0.3 is 6.18 Å². The van der Waals surface area contributed by atoms with E-state index in [0.717, 1.165) is 5.56 Å². The number of H-pyrrole nitrogens is 1. The molecule has 0 aliphatic carbocycles. The van der Waals surface area contributed by atoms with Gasteiger partial charge in [-0.25, -0.2) is 0 Å². The van der Waals surface area contributed by atoms with Gasteiger partial charge in [0.05, 0.1) is 12.2 Å². The van der Waals surface area contributed by atoms with Crippen molar-refractivity contribution in [3.05, 3.63) is 35.9 Å². The van der Waals surface area contributed by atoms with Gasteiger partial charge in [0, 0.05) is 11.8 Å². The highest BCUT2D eigenvalue weighted by Crippen LogP contribution is 2.27. The lowest BCUT2D eigenvalue weighted by Gasteiger charge is -2.12. The molecule has 1 unspecified atom stereocenters. The highest BCUT2D eigenvalue weighted by Gasteiger charge is 2.37. The van der Waals surface area contributed by atoms with Crippen molar-refractivity contribution in [1.82, 2.24) is 30.0 Å². The van der Waals surface area contributed by atoms with Gasteiger partial charge in [0.25, 0.3) is 5.82 Å². The topological polar surface area (TPSA) is 83.8 Å². The third-order valence-corrected chi connectivity index (χ3v) is 2.90. The van der Waals surface area contributed by atoms with Crippen LogP contribution in [0.3, 0.4) is 0 Å². The fourth-order valence-corrected chi connectivity index (χ4v) is 1.85. The van der Waals surface area contributed by atoms with Gasteiger partial charge in [-0.15, -0.1) is 15.3 Å². The number of aromatic amines is 1. The molecule has 0 aliphatic rings. The van der Waals surface area contributed by atoms with Crippen LogP contribution in [0.25, 0.3) is 5.65 Å². The summed E-state index contributed by atoms with van der Waals surface area (Å²) in [5.41, 5.74) is 0.889. The second-order valence-electron chi connectivity index (χ2n) is 4.41. The van der Waals surface area contributed by atoms with Crippen LogP contribution in [0.5, 0.6) is 0 Å². The molecule has 0 saturated carbocycles. The van der Waals surface area contributed by atoms with E-state index in [1.54, 1.807) is 18.5 Å². The van der Waals surface area contributed by atoms with Crippen molar-refractivity contribution in [2.45, 2.75) is 19.1 Å². The van der Waals surface area contributed by atoms with E-state index in [4.69, 9.17) is 0 Å². The average Bonchev–Trinajstić information content (AvgIpc) is 3.06. The van der Waals surface area contributed by atoms with Crippen molar-refractivity contribution in [1.29, 1.82) is 0 Å². The van der Waals surface area contributed by atoms with E-state index in [9.17, 15) is 13.2 Å². The molecule has 0 amide bonds. The van der Waals surface area contributed by atoms with Crippen molar-refractivity contribution in [2.75, 3.05) is 5.32 Å². The molecule has 3 rings (SSSR count). The van der Waals surface area contributed by atoms with Crippen LogP contribution in [-0.2, 0) is 6.18 Å². The van der Waals surface area contributed by atoms with Gasteiger partial charge in [0.1, 0.15) is 5.82 Å². The summed E-state index contributed by atoms with van der Waals surface area (Å²) < 4.78 is 39.0. The van der Waals surface area contributed by atoms with Gasteiger partial charge in [-0.05, 0) is 19.1 Å². The number of nitrogens with zero attached hydrogens (tertiary/aromatic N) is 5. The lowest BCUT2D eigenvalue weighted by Crippen LogP contribution is -2.14. The molecule has 21 heavy (non-hydrogen) atoms. The Labute approximate surface area is 116 Å². The minimum absolute atomic E-state index is 0.0313. The molecule has 1 atom stereocenters. The Hall–Kier alpha value is -2.65. The zero-order valence-corrected chi connectivity index (χ0v) is 10.8. The van der Waals surface area contributed by atoms with Crippen molar-refractivity contribution in [2.24, 2.45) is 0 Å². The maximum atomic E-state index is 12.8. The van der Waals surface area contributed by atoms with Crippen LogP contribution >= 0.6 is 0 Å². The molecule has 0 aliphatic heterocycles. The molecule has 3 aromatic heterocycles. The predicted octanol–water partition coefficient (Wildman–Crippen LogP) is 2.04. The predicted molar refractivity (Wildman–Crippen MR) is 66.4 cm³/mol. The molecule has 7 nitrogen and oxygen atoms in total. The van der Waals surface area contributed by atoms with Crippen LogP contribution in [-0.4, -0.2) is 30.0 Å². The molecule has 3 heterocycles. The Kier molecular flexibility index (Phi) is 3.00. The maximum Gasteiger partial charge on any atom is 0.453 e. The molecule has 2 N–H and O–H groups in total. The summed E-state index contributed by atoms with van der Waals surface area (Å²) in [5, 5.41) is 19.9. The first-order valence-electron chi connectivity index (χ1n) is 6.00. The summed E-state index contributed by atoms with van der Waals surface area (Å²) in [6, 6.07) is 2.79. The number of hydrogen-bond acceptors (Lipinski definition) is 5. The van der Waals surface area contributed by atoms with E-state index in [1.807, 2.05) is 6.92 Å². The van der Waals surface area contributed by atoms with Crippen molar-refractivity contribution in [3.8, 4) is 0 Å². The summed E-state index contributed by atoms with van der Waals surface area (Å²) in [7, 11) is 0. The Morgan fingerprint density at radius 3 is 2.76 bits per heavy atom. The van der Waals surface area contributed by atoms with Crippen molar-refractivity contribution >= 4 is 11.5 Å². The second-order valence-corrected chi connectivity index (χ2v) is 4.41. The Morgan fingerprint density at radius 1 is 1.29 bits per heavy atom. The molecular formula is C11H10F3N7. The monoisotopic (exact) mass is 297 g/mol. The summed E-state index contributed by atoms with van der Waals surface area (Å²) in [5.74, 6) is -0.876. The van der Waals surface area contributed by atoms with Gasteiger partial charge in [-0.2, -0.15) is 22.8 Å². The van der Waals surface area contributed by atoms with E-state index in [-0.39, 0.29) is 17.5 Å². The van der Waals surface area contributed by atoms with Crippen molar-refractivity contribution < 1.29 is 13.2 Å². The molecule has 110 valence electrons. The SMILES string of the molecule is CC(Nc1ccc2nnc(C(F)(F)F)n2n1)c1cn[nH]c1. The molecule has 0 bridgehead atoms. The quantitative estimate of drug-likeness (QED) is 0.773. The number of halogens is 3. The zero-order chi connectivity index (χ0) is 15.0. The lowest BCUT2D eigenvalue weighted by atomic mass is 10.2. The van der Waals surface area contributed by atoms with Crippen LogP contribution in [0.2, 0.25) is 0 Å². The van der Waals surface area contributed by atoms with E-state index in [1.165, 1.54) is 6.07 Å². The minimum atomic E-state index is -4.61. The number of aromatic nitrogens is 6. The molecule has 0 saturated heterocycles. The second kappa shape index (κ2) is 4.72. The number of anilines is 1. The fourth-order valence-electron chi connectivity index (χ4n) is 1.85. The first kappa shape index (κ1) is 13.3. The van der Waals surface area contributed by atoms with Gasteiger partial charge in [-0.1, -0.05) is 0 Å². The Bertz CT molecular complexity index is 747. The van der Waals surface area contributed by atoms with Gasteiger partial charge in [0.2, 0.25) is 0 Å². The third kappa shape index (κ3) is 2.51. The van der Waals surface area contributed by atoms with Crippen LogP contribution in [0, 0.1) is 0 Å². The van der Waals surface area contributed by atoms with Crippen LogP contribution in [0.4, 0.5) is 19.0 Å². The lowest BCUT2D eigenvalue weighted by molar-refractivity contribution is -0.146. The number of fused-ring (bicyclic) bond motifs is 1. The maximum absolute atomic E-state index is 12.8. The summed E-state index contributed by atoms with van der Waals surface area (Å²) in [4.78, 5) is 0. The highest BCUT2D eigenvalue weighted by molar-refractivity contribution is 5.45. The number of hydrogen-bond donors (Lipinski definition) is 2. The molecule has 0 radical (unpaired) electrons. The summed E-state index contributed by atoms with van der Waals surface area (Å²) >= 11 is 0. The summed E-state index contributed by atoms with van der Waals surface area (Å²) in [6.07, 6.45) is -1.30. The van der Waals surface area contributed by atoms with Crippen LogP contribution in [0.15, 0.2) is 24.5 Å². The van der Waals surface area contributed by atoms with Gasteiger partial charge in [0.15, 0.2) is 5.65 Å². The van der Waals surface area contributed by atoms with Gasteiger partial charge < -0.3 is 5.32 Å². The molecule has 10 heteroatoms. The average molecular weight is 297 g/mol. The Balaban J connectivity index is 1.93. The molecule has 3 aromatic rings. The standard InChI is InChI=1S/C11H10F3N7/c1-6(7-4-15-16-5-7)17-8-2-3-9-18-19-10(11(12,13)14)21(9)20-8/h2-6H,1H3,(H,15,16)(H,17,20). The Morgan fingerprint density at radius 2 is 2.10 bits per heavy atom. The van der Waals surface area contributed by atoms with E-state index in [2.05, 4.69) is 30.8 Å². The largest absolute Gasteiger partial charge is 0.453 e. The number of rotatable bonds is 3. The summed E-state index contributed by atoms with van der Waals surface area (Å²) in [6.45, 7) is 1.84. The van der Waals surface area contributed by atoms with E-state index >= 15 is 0 Å². The first-order valence-corrected chi connectivity index (χ1v) is 6.00. The third-order valence-electron chi connectivity index (χ3n) is 2.90. The number of nitrogens with one attached hydrogen (secondary N) is 2. The van der Waals surface area contributed by atoms with Gasteiger partial charge in [-0.3, -0.25) is 5.10 Å². The smallest absolute Gasteiger partial charge is 0.362 e. The normalized spacial score (nSPS) is 13.5. The first-order chi connectivity index (χ1) is 9.95. The highest BCUT2D eigenvalue weighted by atomic mass is 19.4. The van der Waals surface area contributed by atoms with Crippen LogP contribution in [0.1, 0.15) is 24.4 Å². The molecule has 0 spiro atoms.